The number of nitrogens with two attached hydrogens (primary N) is 1. The van der Waals surface area contributed by atoms with Crippen LogP contribution in [-0.2, 0) is 6.42 Å². The van der Waals surface area contributed by atoms with E-state index < -0.39 is 0 Å². The Morgan fingerprint density at radius 1 is 1.32 bits per heavy atom. The number of aryl methyl sites for hydroxylation is 1. The van der Waals surface area contributed by atoms with Crippen LogP contribution in [0.25, 0.3) is 5.69 Å². The largest absolute Gasteiger partial charge is 0.328 e. The quantitative estimate of drug-likeness (QED) is 0.940. The van der Waals surface area contributed by atoms with Crippen molar-refractivity contribution in [1.82, 2.24) is 9.78 Å². The Labute approximate surface area is 122 Å². The van der Waals surface area contributed by atoms with Gasteiger partial charge in [0, 0.05) is 16.2 Å². The third-order valence-corrected chi connectivity index (χ3v) is 4.09. The summed E-state index contributed by atoms with van der Waals surface area (Å²) in [7, 11) is 0. The van der Waals surface area contributed by atoms with E-state index in [1.807, 2.05) is 18.5 Å². The van der Waals surface area contributed by atoms with Crippen LogP contribution in [0.2, 0.25) is 0 Å². The fraction of sp³-hybridized carbons (Fsp3) is 0.400. The average molecular weight is 322 g/mol. The Kier molecular flexibility index (Phi) is 4.11. The van der Waals surface area contributed by atoms with E-state index >= 15 is 0 Å². The molecule has 0 aliphatic carbocycles. The van der Waals surface area contributed by atoms with E-state index in [4.69, 9.17) is 5.73 Å². The maximum absolute atomic E-state index is 5.84. The molecule has 4 heteroatoms. The van der Waals surface area contributed by atoms with Gasteiger partial charge in [-0.25, -0.2) is 4.68 Å². The number of rotatable bonds is 3. The normalized spacial score (nSPS) is 12.7. The summed E-state index contributed by atoms with van der Waals surface area (Å²) < 4.78 is 3.04. The number of halogens is 1. The number of hydrogen-bond acceptors (Lipinski definition) is 2. The molecule has 3 nitrogen and oxygen atoms in total. The molecular formula is C15H20BrN3. The van der Waals surface area contributed by atoms with Crippen molar-refractivity contribution >= 4 is 15.9 Å². The van der Waals surface area contributed by atoms with E-state index in [0.29, 0.717) is 0 Å². The first kappa shape index (κ1) is 14.3. The summed E-state index contributed by atoms with van der Waals surface area (Å²) in [5.41, 5.74) is 11.6. The van der Waals surface area contributed by atoms with Gasteiger partial charge in [0.2, 0.25) is 0 Å². The smallest absolute Gasteiger partial charge is 0.0791 e. The summed E-state index contributed by atoms with van der Waals surface area (Å²) >= 11 is 3.64. The molecule has 0 amide bonds. The van der Waals surface area contributed by atoms with Gasteiger partial charge >= 0.3 is 0 Å². The molecule has 1 unspecified atom stereocenters. The molecule has 2 rings (SSSR count). The van der Waals surface area contributed by atoms with E-state index in [2.05, 4.69) is 53.1 Å². The molecule has 0 aliphatic heterocycles. The van der Waals surface area contributed by atoms with E-state index in [0.717, 1.165) is 22.3 Å². The van der Waals surface area contributed by atoms with Crippen molar-refractivity contribution in [1.29, 1.82) is 0 Å². The van der Waals surface area contributed by atoms with Gasteiger partial charge in [-0.3, -0.25) is 0 Å². The molecular weight excluding hydrogens is 302 g/mol. The van der Waals surface area contributed by atoms with Crippen molar-refractivity contribution in [2.75, 3.05) is 0 Å². The lowest BCUT2D eigenvalue weighted by atomic mass is 10.1. The van der Waals surface area contributed by atoms with E-state index in [-0.39, 0.29) is 6.04 Å². The molecule has 2 aromatic rings. The van der Waals surface area contributed by atoms with Crippen molar-refractivity contribution in [3.63, 3.8) is 0 Å². The topological polar surface area (TPSA) is 43.8 Å². The lowest BCUT2D eigenvalue weighted by Gasteiger charge is -2.11. The van der Waals surface area contributed by atoms with Gasteiger partial charge in [-0.2, -0.15) is 5.10 Å². The molecule has 0 spiro atoms. The van der Waals surface area contributed by atoms with Gasteiger partial charge in [0.15, 0.2) is 0 Å². The molecule has 0 bridgehead atoms. The Bertz CT molecular complexity index is 600. The molecule has 0 saturated heterocycles. The fourth-order valence-corrected chi connectivity index (χ4v) is 2.77. The highest BCUT2D eigenvalue weighted by Crippen LogP contribution is 2.25. The third-order valence-electron chi connectivity index (χ3n) is 3.45. The second-order valence-corrected chi connectivity index (χ2v) is 6.03. The summed E-state index contributed by atoms with van der Waals surface area (Å²) in [6.07, 6.45) is 0.884. The predicted octanol–water partition coefficient (Wildman–Crippen LogP) is 3.45. The zero-order chi connectivity index (χ0) is 14.2. The Hall–Kier alpha value is -1.13. The number of benzene rings is 1. The minimum absolute atomic E-state index is 0.175. The standard InChI is InChI=1S/C15H20BrN3/c1-9(17)7-13-5-6-15(14(16)8-13)19-12(4)10(2)11(3)18-19/h5-6,8-9H,7,17H2,1-4H3. The van der Waals surface area contributed by atoms with Crippen LogP contribution < -0.4 is 5.73 Å². The predicted molar refractivity (Wildman–Crippen MR) is 82.8 cm³/mol. The molecule has 1 aromatic carbocycles. The average Bonchev–Trinajstić information content (AvgIpc) is 2.56. The number of nitrogens with zero attached hydrogens (tertiary/aromatic N) is 2. The Morgan fingerprint density at radius 3 is 2.47 bits per heavy atom. The summed E-state index contributed by atoms with van der Waals surface area (Å²) in [6, 6.07) is 6.52. The molecule has 1 aromatic heterocycles. The zero-order valence-electron chi connectivity index (χ0n) is 11.9. The van der Waals surface area contributed by atoms with Crippen LogP contribution in [0.1, 0.15) is 29.4 Å². The molecule has 0 radical (unpaired) electrons. The van der Waals surface area contributed by atoms with Crippen LogP contribution in [0.3, 0.4) is 0 Å². The highest BCUT2D eigenvalue weighted by molar-refractivity contribution is 9.10. The molecule has 1 heterocycles. The molecule has 19 heavy (non-hydrogen) atoms. The third kappa shape index (κ3) is 2.90. The highest BCUT2D eigenvalue weighted by Gasteiger charge is 2.12. The maximum atomic E-state index is 5.84. The van der Waals surface area contributed by atoms with Crippen LogP contribution in [0.15, 0.2) is 22.7 Å². The Morgan fingerprint density at radius 2 is 2.00 bits per heavy atom. The summed E-state index contributed by atoms with van der Waals surface area (Å²) in [4.78, 5) is 0. The van der Waals surface area contributed by atoms with Gasteiger partial charge in [-0.15, -0.1) is 0 Å². The molecule has 2 N–H and O–H groups in total. The minimum Gasteiger partial charge on any atom is -0.328 e. The first-order valence-corrected chi connectivity index (χ1v) is 7.26. The molecule has 102 valence electrons. The van der Waals surface area contributed by atoms with Crippen molar-refractivity contribution in [2.45, 2.75) is 40.2 Å². The van der Waals surface area contributed by atoms with E-state index in [9.17, 15) is 0 Å². The van der Waals surface area contributed by atoms with Crippen LogP contribution in [0, 0.1) is 20.8 Å². The molecule has 0 saturated carbocycles. The van der Waals surface area contributed by atoms with Crippen LogP contribution in [0.4, 0.5) is 0 Å². The minimum atomic E-state index is 0.175. The van der Waals surface area contributed by atoms with Gasteiger partial charge in [0.1, 0.15) is 0 Å². The van der Waals surface area contributed by atoms with Gasteiger partial charge in [-0.05, 0) is 73.3 Å². The Balaban J connectivity index is 2.43. The molecule has 1 atom stereocenters. The lowest BCUT2D eigenvalue weighted by Crippen LogP contribution is -2.17. The van der Waals surface area contributed by atoms with Crippen LogP contribution >= 0.6 is 15.9 Å². The van der Waals surface area contributed by atoms with E-state index in [1.54, 1.807) is 0 Å². The summed E-state index contributed by atoms with van der Waals surface area (Å²) in [5.74, 6) is 0. The monoisotopic (exact) mass is 321 g/mol. The lowest BCUT2D eigenvalue weighted by molar-refractivity contribution is 0.736. The van der Waals surface area contributed by atoms with Crippen molar-refractivity contribution < 1.29 is 0 Å². The summed E-state index contributed by atoms with van der Waals surface area (Å²) in [5, 5.41) is 4.59. The van der Waals surface area contributed by atoms with Crippen molar-refractivity contribution in [3.8, 4) is 5.69 Å². The number of aromatic nitrogens is 2. The molecule has 0 fully saturated rings. The first-order chi connectivity index (χ1) is 8.90. The van der Waals surface area contributed by atoms with Gasteiger partial charge in [0.25, 0.3) is 0 Å². The SMILES string of the molecule is Cc1nn(-c2ccc(CC(C)N)cc2Br)c(C)c1C. The van der Waals surface area contributed by atoms with Crippen LogP contribution in [0.5, 0.6) is 0 Å². The summed E-state index contributed by atoms with van der Waals surface area (Å²) in [6.45, 7) is 8.26. The van der Waals surface area contributed by atoms with Crippen LogP contribution in [-0.4, -0.2) is 15.8 Å². The first-order valence-electron chi connectivity index (χ1n) is 6.47. The van der Waals surface area contributed by atoms with Gasteiger partial charge < -0.3 is 5.73 Å². The molecule has 0 aliphatic rings. The van der Waals surface area contributed by atoms with Crippen molar-refractivity contribution in [3.05, 3.63) is 45.2 Å². The second-order valence-electron chi connectivity index (χ2n) is 5.17. The second kappa shape index (κ2) is 5.47. The van der Waals surface area contributed by atoms with Crippen molar-refractivity contribution in [2.24, 2.45) is 5.73 Å². The fourth-order valence-electron chi connectivity index (χ4n) is 2.18. The highest BCUT2D eigenvalue weighted by atomic mass is 79.9. The number of hydrogen-bond donors (Lipinski definition) is 1. The van der Waals surface area contributed by atoms with Gasteiger partial charge in [-0.1, -0.05) is 6.07 Å². The zero-order valence-corrected chi connectivity index (χ0v) is 13.5. The maximum Gasteiger partial charge on any atom is 0.0791 e. The van der Waals surface area contributed by atoms with Gasteiger partial charge in [0.05, 0.1) is 11.4 Å². The van der Waals surface area contributed by atoms with E-state index in [1.165, 1.54) is 16.8 Å².